The number of aromatic nitrogens is 2. The van der Waals surface area contributed by atoms with Crippen LogP contribution in [0.15, 0.2) is 22.7 Å². The van der Waals surface area contributed by atoms with Gasteiger partial charge in [-0.3, -0.25) is 0 Å². The number of phenols is 2. The smallest absolute Gasteiger partial charge is 0.250 e. The van der Waals surface area contributed by atoms with Crippen molar-refractivity contribution in [3.05, 3.63) is 35.5 Å². The van der Waals surface area contributed by atoms with Crippen LogP contribution < -0.4 is 0 Å². The molecule has 0 spiro atoms. The molecule has 3 rings (SSSR count). The molecule has 1 saturated carbocycles. The standard InChI is InChI=1S/C17H20N2O3/c20-14-8-6-13(10-15(14)21)7-9-17-18-16(19-22-17)11-12-4-2-1-3-5-12/h6-10,12,20-21H,1-5,11H2/b9-7+. The van der Waals surface area contributed by atoms with Crippen molar-refractivity contribution in [1.29, 1.82) is 0 Å². The SMILES string of the molecule is Oc1ccc(/C=C/c2nc(CC3CCCCC3)no2)cc1O. The van der Waals surface area contributed by atoms with E-state index in [1.165, 1.54) is 44.2 Å². The van der Waals surface area contributed by atoms with Crippen molar-refractivity contribution in [1.82, 2.24) is 10.1 Å². The predicted molar refractivity (Wildman–Crippen MR) is 83.3 cm³/mol. The molecule has 2 N–H and O–H groups in total. The van der Waals surface area contributed by atoms with Gasteiger partial charge in [0.2, 0.25) is 0 Å². The summed E-state index contributed by atoms with van der Waals surface area (Å²) in [5, 5.41) is 22.7. The first kappa shape index (κ1) is 14.6. The molecule has 1 aliphatic rings. The van der Waals surface area contributed by atoms with Gasteiger partial charge in [-0.2, -0.15) is 4.98 Å². The average Bonchev–Trinajstić information content (AvgIpc) is 2.97. The van der Waals surface area contributed by atoms with Gasteiger partial charge in [0.05, 0.1) is 0 Å². The van der Waals surface area contributed by atoms with Gasteiger partial charge in [0.25, 0.3) is 5.89 Å². The lowest BCUT2D eigenvalue weighted by Crippen LogP contribution is -2.10. The maximum atomic E-state index is 9.45. The van der Waals surface area contributed by atoms with Crippen molar-refractivity contribution in [3.63, 3.8) is 0 Å². The van der Waals surface area contributed by atoms with E-state index in [9.17, 15) is 10.2 Å². The highest BCUT2D eigenvalue weighted by molar-refractivity contribution is 5.67. The Balaban J connectivity index is 1.63. The average molecular weight is 300 g/mol. The fraction of sp³-hybridized carbons (Fsp3) is 0.412. The number of aromatic hydroxyl groups is 2. The Morgan fingerprint density at radius 2 is 1.91 bits per heavy atom. The third kappa shape index (κ3) is 3.67. The van der Waals surface area contributed by atoms with E-state index in [4.69, 9.17) is 4.52 Å². The van der Waals surface area contributed by atoms with Gasteiger partial charge in [-0.15, -0.1) is 0 Å². The summed E-state index contributed by atoms with van der Waals surface area (Å²) in [6, 6.07) is 4.62. The summed E-state index contributed by atoms with van der Waals surface area (Å²) in [4.78, 5) is 4.38. The Bertz CT molecular complexity index is 658. The molecule has 22 heavy (non-hydrogen) atoms. The van der Waals surface area contributed by atoms with Crippen LogP contribution in [0.5, 0.6) is 11.5 Å². The zero-order valence-electron chi connectivity index (χ0n) is 12.4. The van der Waals surface area contributed by atoms with E-state index >= 15 is 0 Å². The van der Waals surface area contributed by atoms with Gasteiger partial charge in [0.1, 0.15) is 0 Å². The Hall–Kier alpha value is -2.30. The number of nitrogens with zero attached hydrogens (tertiary/aromatic N) is 2. The topological polar surface area (TPSA) is 79.4 Å². The Labute approximate surface area is 129 Å². The molecule has 5 heteroatoms. The Morgan fingerprint density at radius 3 is 2.68 bits per heavy atom. The fourth-order valence-electron chi connectivity index (χ4n) is 2.88. The molecule has 0 atom stereocenters. The molecule has 1 heterocycles. The predicted octanol–water partition coefficient (Wildman–Crippen LogP) is 3.77. The zero-order chi connectivity index (χ0) is 15.4. The van der Waals surface area contributed by atoms with E-state index in [1.54, 1.807) is 18.2 Å². The van der Waals surface area contributed by atoms with E-state index in [1.807, 2.05) is 0 Å². The molecular weight excluding hydrogens is 280 g/mol. The molecule has 116 valence electrons. The largest absolute Gasteiger partial charge is 0.504 e. The first-order chi connectivity index (χ1) is 10.7. The van der Waals surface area contributed by atoms with Gasteiger partial charge in [0, 0.05) is 12.5 Å². The molecule has 0 amide bonds. The second kappa shape index (κ2) is 6.64. The van der Waals surface area contributed by atoms with Gasteiger partial charge in [-0.1, -0.05) is 43.3 Å². The molecule has 2 aromatic rings. The van der Waals surface area contributed by atoms with Gasteiger partial charge in [-0.25, -0.2) is 0 Å². The van der Waals surface area contributed by atoms with Crippen molar-refractivity contribution in [2.45, 2.75) is 38.5 Å². The molecule has 1 aromatic heterocycles. The summed E-state index contributed by atoms with van der Waals surface area (Å²) in [6.07, 6.45) is 10.8. The number of hydrogen-bond donors (Lipinski definition) is 2. The van der Waals surface area contributed by atoms with Crippen LogP contribution >= 0.6 is 0 Å². The number of benzene rings is 1. The third-order valence-electron chi connectivity index (χ3n) is 4.10. The van der Waals surface area contributed by atoms with Crippen LogP contribution in [-0.4, -0.2) is 20.4 Å². The van der Waals surface area contributed by atoms with E-state index in [0.29, 0.717) is 11.8 Å². The first-order valence-corrected chi connectivity index (χ1v) is 7.73. The van der Waals surface area contributed by atoms with E-state index < -0.39 is 0 Å². The lowest BCUT2D eigenvalue weighted by molar-refractivity contribution is 0.342. The molecular formula is C17H20N2O3. The Morgan fingerprint density at radius 1 is 1.09 bits per heavy atom. The van der Waals surface area contributed by atoms with Crippen LogP contribution in [-0.2, 0) is 6.42 Å². The lowest BCUT2D eigenvalue weighted by Gasteiger charge is -2.19. The summed E-state index contributed by atoms with van der Waals surface area (Å²) in [7, 11) is 0. The van der Waals surface area contributed by atoms with Gasteiger partial charge in [0.15, 0.2) is 17.3 Å². The molecule has 0 unspecified atom stereocenters. The number of phenolic OH excluding ortho intramolecular Hbond substituents is 2. The van der Waals surface area contributed by atoms with Gasteiger partial charge in [-0.05, 0) is 29.7 Å². The molecule has 1 fully saturated rings. The van der Waals surface area contributed by atoms with Crippen LogP contribution in [0.4, 0.5) is 0 Å². The molecule has 0 bridgehead atoms. The number of hydrogen-bond acceptors (Lipinski definition) is 5. The highest BCUT2D eigenvalue weighted by atomic mass is 16.5. The second-order valence-corrected chi connectivity index (χ2v) is 5.84. The molecule has 1 aliphatic carbocycles. The summed E-state index contributed by atoms with van der Waals surface area (Å²) in [6.45, 7) is 0. The van der Waals surface area contributed by atoms with Crippen molar-refractivity contribution in [2.24, 2.45) is 5.92 Å². The first-order valence-electron chi connectivity index (χ1n) is 7.73. The lowest BCUT2D eigenvalue weighted by atomic mass is 9.87. The minimum atomic E-state index is -0.148. The van der Waals surface area contributed by atoms with E-state index in [0.717, 1.165) is 17.8 Å². The minimum Gasteiger partial charge on any atom is -0.504 e. The van der Waals surface area contributed by atoms with Crippen molar-refractivity contribution in [2.75, 3.05) is 0 Å². The van der Waals surface area contributed by atoms with E-state index in [2.05, 4.69) is 10.1 Å². The zero-order valence-corrected chi connectivity index (χ0v) is 12.4. The van der Waals surface area contributed by atoms with Crippen LogP contribution in [0, 0.1) is 5.92 Å². The quantitative estimate of drug-likeness (QED) is 0.840. The van der Waals surface area contributed by atoms with Gasteiger partial charge < -0.3 is 14.7 Å². The van der Waals surface area contributed by atoms with Gasteiger partial charge >= 0.3 is 0 Å². The van der Waals surface area contributed by atoms with Crippen LogP contribution in [0.3, 0.4) is 0 Å². The molecule has 0 aliphatic heterocycles. The third-order valence-corrected chi connectivity index (χ3v) is 4.10. The van der Waals surface area contributed by atoms with Crippen molar-refractivity contribution < 1.29 is 14.7 Å². The number of rotatable bonds is 4. The summed E-state index contributed by atoms with van der Waals surface area (Å²) in [5.41, 5.74) is 0.752. The van der Waals surface area contributed by atoms with Crippen LogP contribution in [0.1, 0.15) is 49.4 Å². The van der Waals surface area contributed by atoms with Crippen LogP contribution in [0.25, 0.3) is 12.2 Å². The van der Waals surface area contributed by atoms with Crippen molar-refractivity contribution >= 4 is 12.2 Å². The normalized spacial score (nSPS) is 16.4. The highest BCUT2D eigenvalue weighted by Gasteiger charge is 2.16. The maximum Gasteiger partial charge on any atom is 0.250 e. The maximum absolute atomic E-state index is 9.45. The molecule has 5 nitrogen and oxygen atoms in total. The van der Waals surface area contributed by atoms with Crippen molar-refractivity contribution in [3.8, 4) is 11.5 Å². The monoisotopic (exact) mass is 300 g/mol. The molecule has 0 saturated heterocycles. The van der Waals surface area contributed by atoms with E-state index in [-0.39, 0.29) is 11.5 Å². The molecule has 0 radical (unpaired) electrons. The Kier molecular flexibility index (Phi) is 4.42. The minimum absolute atomic E-state index is 0.135. The fourth-order valence-corrected chi connectivity index (χ4v) is 2.88. The highest BCUT2D eigenvalue weighted by Crippen LogP contribution is 2.27. The summed E-state index contributed by atoms with van der Waals surface area (Å²) < 4.78 is 5.22. The summed E-state index contributed by atoms with van der Waals surface area (Å²) in [5.74, 6) is 1.62. The van der Waals surface area contributed by atoms with Crippen LogP contribution in [0.2, 0.25) is 0 Å². The molecule has 1 aromatic carbocycles. The second-order valence-electron chi connectivity index (χ2n) is 5.84. The summed E-state index contributed by atoms with van der Waals surface area (Å²) >= 11 is 0.